The molecule has 0 unspecified atom stereocenters. The molecule has 0 aliphatic heterocycles. The van der Waals surface area contributed by atoms with Crippen molar-refractivity contribution in [2.45, 2.75) is 40.3 Å². The second-order valence-corrected chi connectivity index (χ2v) is 6.61. The van der Waals surface area contributed by atoms with Crippen LogP contribution in [0.4, 0.5) is 0 Å². The topological polar surface area (TPSA) is 69.3 Å². The van der Waals surface area contributed by atoms with Crippen molar-refractivity contribution < 1.29 is 13.9 Å². The summed E-state index contributed by atoms with van der Waals surface area (Å²) in [5, 5.41) is 7.09. The minimum atomic E-state index is -0.218. The van der Waals surface area contributed by atoms with Crippen molar-refractivity contribution in [1.82, 2.24) is 15.1 Å². The summed E-state index contributed by atoms with van der Waals surface area (Å²) in [5.74, 6) is 1.48. The highest BCUT2D eigenvalue weighted by atomic mass is 16.5. The van der Waals surface area contributed by atoms with E-state index in [4.69, 9.17) is 9.15 Å². The highest BCUT2D eigenvalue weighted by molar-refractivity contribution is 5.91. The molecule has 0 aliphatic carbocycles. The lowest BCUT2D eigenvalue weighted by atomic mass is 10.1. The summed E-state index contributed by atoms with van der Waals surface area (Å²) in [6.07, 6.45) is 2.58. The molecule has 27 heavy (non-hydrogen) atoms. The first-order valence-corrected chi connectivity index (χ1v) is 9.08. The van der Waals surface area contributed by atoms with E-state index in [1.807, 2.05) is 42.8 Å². The number of carbonyl (C=O) groups excluding carboxylic acids is 1. The third kappa shape index (κ3) is 5.00. The van der Waals surface area contributed by atoms with Gasteiger partial charge in [0.1, 0.15) is 18.1 Å². The molecule has 3 rings (SSSR count). The molecule has 0 atom stereocenters. The van der Waals surface area contributed by atoms with Gasteiger partial charge < -0.3 is 14.5 Å². The molecule has 142 valence electrons. The van der Waals surface area contributed by atoms with Gasteiger partial charge in [-0.2, -0.15) is 5.10 Å². The van der Waals surface area contributed by atoms with Crippen LogP contribution >= 0.6 is 0 Å². The molecule has 6 nitrogen and oxygen atoms in total. The van der Waals surface area contributed by atoms with Crippen LogP contribution in [0.25, 0.3) is 0 Å². The lowest BCUT2D eigenvalue weighted by Crippen LogP contribution is -2.25. The molecule has 2 heterocycles. The monoisotopic (exact) mass is 367 g/mol. The van der Waals surface area contributed by atoms with Crippen LogP contribution in [-0.4, -0.2) is 22.2 Å². The van der Waals surface area contributed by atoms with Gasteiger partial charge in [0.25, 0.3) is 5.91 Å². The number of nitrogens with zero attached hydrogens (tertiary/aromatic N) is 2. The summed E-state index contributed by atoms with van der Waals surface area (Å²) in [6, 6.07) is 11.3. The molecule has 6 heteroatoms. The Labute approximate surface area is 159 Å². The van der Waals surface area contributed by atoms with E-state index in [-0.39, 0.29) is 12.5 Å². The predicted molar refractivity (Wildman–Crippen MR) is 103 cm³/mol. The molecular formula is C21H25N3O3. The normalized spacial score (nSPS) is 10.8. The van der Waals surface area contributed by atoms with Gasteiger partial charge >= 0.3 is 0 Å². The van der Waals surface area contributed by atoms with Crippen molar-refractivity contribution in [1.29, 1.82) is 0 Å². The molecular weight excluding hydrogens is 342 g/mol. The van der Waals surface area contributed by atoms with E-state index >= 15 is 0 Å². The number of hydrogen-bond donors (Lipinski definition) is 1. The Morgan fingerprint density at radius 2 is 2.00 bits per heavy atom. The van der Waals surface area contributed by atoms with Gasteiger partial charge in [0.05, 0.1) is 0 Å². The summed E-state index contributed by atoms with van der Waals surface area (Å²) >= 11 is 0. The summed E-state index contributed by atoms with van der Waals surface area (Å²) in [7, 11) is 0. The van der Waals surface area contributed by atoms with Crippen LogP contribution in [0.2, 0.25) is 0 Å². The second-order valence-electron chi connectivity index (χ2n) is 6.61. The van der Waals surface area contributed by atoms with E-state index in [0.29, 0.717) is 18.1 Å². The quantitative estimate of drug-likeness (QED) is 0.615. The Morgan fingerprint density at radius 1 is 1.15 bits per heavy atom. The van der Waals surface area contributed by atoms with Crippen LogP contribution < -0.4 is 10.1 Å². The number of rotatable bonds is 8. The average Bonchev–Trinajstić information content (AvgIpc) is 3.29. The van der Waals surface area contributed by atoms with Crippen LogP contribution in [0.5, 0.6) is 5.75 Å². The molecule has 1 aromatic carbocycles. The van der Waals surface area contributed by atoms with E-state index < -0.39 is 0 Å². The number of carbonyl (C=O) groups is 1. The zero-order chi connectivity index (χ0) is 19.2. The summed E-state index contributed by atoms with van der Waals surface area (Å²) in [5.41, 5.74) is 3.51. The molecule has 0 fully saturated rings. The Balaban J connectivity index is 1.44. The molecule has 1 N–H and O–H groups in total. The van der Waals surface area contributed by atoms with E-state index in [1.54, 1.807) is 18.3 Å². The van der Waals surface area contributed by atoms with Gasteiger partial charge in [-0.3, -0.25) is 9.48 Å². The number of amides is 1. The first-order chi connectivity index (χ1) is 13.0. The van der Waals surface area contributed by atoms with Gasteiger partial charge in [-0.25, -0.2) is 0 Å². The highest BCUT2D eigenvalue weighted by Gasteiger charge is 2.11. The van der Waals surface area contributed by atoms with Crippen molar-refractivity contribution in [2.75, 3.05) is 6.54 Å². The number of furan rings is 1. The summed E-state index contributed by atoms with van der Waals surface area (Å²) < 4.78 is 13.2. The molecule has 0 bridgehead atoms. The van der Waals surface area contributed by atoms with Crippen LogP contribution in [0.1, 0.15) is 39.6 Å². The zero-order valence-electron chi connectivity index (χ0n) is 16.0. The summed E-state index contributed by atoms with van der Waals surface area (Å²) in [4.78, 5) is 12.2. The standard InChI is InChI=1S/C21H25N3O3/c1-15-5-6-18(13-16(15)2)26-14-19-7-8-20(27-19)21(25)22-10-4-12-24-17(3)9-11-23-24/h5-9,11,13H,4,10,12,14H2,1-3H3,(H,22,25). The van der Waals surface area contributed by atoms with Gasteiger partial charge in [0.2, 0.25) is 0 Å². The molecule has 3 aromatic rings. The first-order valence-electron chi connectivity index (χ1n) is 9.08. The maximum atomic E-state index is 12.2. The molecule has 2 aromatic heterocycles. The predicted octanol–water partition coefficient (Wildman–Crippen LogP) is 3.80. The number of hydrogen-bond acceptors (Lipinski definition) is 4. The number of aromatic nitrogens is 2. The molecule has 0 saturated carbocycles. The average molecular weight is 367 g/mol. The van der Waals surface area contributed by atoms with Gasteiger partial charge in [-0.1, -0.05) is 6.07 Å². The van der Waals surface area contributed by atoms with Crippen LogP contribution in [-0.2, 0) is 13.2 Å². The van der Waals surface area contributed by atoms with Gasteiger partial charge in [-0.05, 0) is 68.7 Å². The maximum absolute atomic E-state index is 12.2. The van der Waals surface area contributed by atoms with Crippen LogP contribution in [0.3, 0.4) is 0 Å². The van der Waals surface area contributed by atoms with Crippen molar-refractivity contribution in [2.24, 2.45) is 0 Å². The fourth-order valence-corrected chi connectivity index (χ4v) is 2.69. The van der Waals surface area contributed by atoms with E-state index in [1.165, 1.54) is 11.1 Å². The number of benzene rings is 1. The second kappa shape index (κ2) is 8.58. The van der Waals surface area contributed by atoms with Crippen molar-refractivity contribution in [3.8, 4) is 5.75 Å². The lowest BCUT2D eigenvalue weighted by molar-refractivity contribution is 0.0921. The van der Waals surface area contributed by atoms with Crippen molar-refractivity contribution in [3.05, 3.63) is 70.9 Å². The van der Waals surface area contributed by atoms with E-state index in [2.05, 4.69) is 17.3 Å². The number of nitrogens with one attached hydrogen (secondary N) is 1. The van der Waals surface area contributed by atoms with Crippen LogP contribution in [0.15, 0.2) is 47.0 Å². The van der Waals surface area contributed by atoms with Gasteiger partial charge in [-0.15, -0.1) is 0 Å². The Bertz CT molecular complexity index is 911. The molecule has 0 radical (unpaired) electrons. The zero-order valence-corrected chi connectivity index (χ0v) is 16.0. The molecule has 0 saturated heterocycles. The maximum Gasteiger partial charge on any atom is 0.286 e. The third-order valence-corrected chi connectivity index (χ3v) is 4.51. The third-order valence-electron chi connectivity index (χ3n) is 4.51. The van der Waals surface area contributed by atoms with E-state index in [0.717, 1.165) is 24.4 Å². The molecule has 0 aliphatic rings. The fourth-order valence-electron chi connectivity index (χ4n) is 2.69. The highest BCUT2D eigenvalue weighted by Crippen LogP contribution is 2.18. The summed E-state index contributed by atoms with van der Waals surface area (Å²) in [6.45, 7) is 7.74. The molecule has 1 amide bonds. The van der Waals surface area contributed by atoms with Gasteiger partial charge in [0, 0.05) is 25.0 Å². The Kier molecular flexibility index (Phi) is 5.96. The van der Waals surface area contributed by atoms with Crippen molar-refractivity contribution in [3.63, 3.8) is 0 Å². The smallest absolute Gasteiger partial charge is 0.286 e. The van der Waals surface area contributed by atoms with Crippen molar-refractivity contribution >= 4 is 5.91 Å². The minimum Gasteiger partial charge on any atom is -0.486 e. The fraction of sp³-hybridized carbons (Fsp3) is 0.333. The van der Waals surface area contributed by atoms with Crippen LogP contribution in [0, 0.1) is 20.8 Å². The minimum absolute atomic E-state index is 0.218. The van der Waals surface area contributed by atoms with Gasteiger partial charge in [0.15, 0.2) is 5.76 Å². The lowest BCUT2D eigenvalue weighted by Gasteiger charge is -2.07. The number of aryl methyl sites for hydroxylation is 4. The number of ether oxygens (including phenoxy) is 1. The first kappa shape index (κ1) is 18.8. The molecule has 0 spiro atoms. The Hall–Kier alpha value is -3.02. The largest absolute Gasteiger partial charge is 0.486 e. The Morgan fingerprint density at radius 3 is 2.74 bits per heavy atom. The van der Waals surface area contributed by atoms with E-state index in [9.17, 15) is 4.79 Å². The SMILES string of the molecule is Cc1ccc(OCc2ccc(C(=O)NCCCn3nccc3C)o2)cc1C.